The molecule has 0 spiro atoms. The Kier molecular flexibility index (Phi) is 3.52. The molecule has 0 aliphatic heterocycles. The second-order valence-electron chi connectivity index (χ2n) is 3.77. The molecule has 94 valence electrons. The summed E-state index contributed by atoms with van der Waals surface area (Å²) in [6, 6.07) is 9.77. The highest BCUT2D eigenvalue weighted by Gasteiger charge is 2.04. The first-order valence-electron chi connectivity index (χ1n) is 5.54. The standard InChI is InChI=1S/C13H14N2O3/c14-13-10(16)4-3-5-11(13)18-9-8-15-7-2-1-6-12(15)17/h1-7,16H,8-9,14H2. The lowest BCUT2D eigenvalue weighted by Crippen LogP contribution is -2.21. The minimum Gasteiger partial charge on any atom is -0.506 e. The first-order valence-corrected chi connectivity index (χ1v) is 5.54. The van der Waals surface area contributed by atoms with E-state index in [0.29, 0.717) is 18.9 Å². The fraction of sp³-hybridized carbons (Fsp3) is 0.154. The van der Waals surface area contributed by atoms with Gasteiger partial charge in [-0.2, -0.15) is 0 Å². The van der Waals surface area contributed by atoms with Crippen LogP contribution in [0.5, 0.6) is 11.5 Å². The molecule has 0 atom stereocenters. The van der Waals surface area contributed by atoms with E-state index in [9.17, 15) is 9.90 Å². The van der Waals surface area contributed by atoms with Gasteiger partial charge in [0.1, 0.15) is 23.8 Å². The van der Waals surface area contributed by atoms with Crippen molar-refractivity contribution in [3.8, 4) is 11.5 Å². The molecule has 5 nitrogen and oxygen atoms in total. The number of ether oxygens (including phenoxy) is 1. The number of nitrogens with zero attached hydrogens (tertiary/aromatic N) is 1. The van der Waals surface area contributed by atoms with E-state index >= 15 is 0 Å². The van der Waals surface area contributed by atoms with E-state index in [2.05, 4.69) is 0 Å². The van der Waals surface area contributed by atoms with Gasteiger partial charge in [0, 0.05) is 12.3 Å². The number of aromatic hydroxyl groups is 1. The maximum atomic E-state index is 11.4. The number of aromatic nitrogens is 1. The molecule has 0 radical (unpaired) electrons. The van der Waals surface area contributed by atoms with E-state index in [1.54, 1.807) is 35.0 Å². The molecule has 0 saturated heterocycles. The molecule has 0 amide bonds. The van der Waals surface area contributed by atoms with Gasteiger partial charge >= 0.3 is 0 Å². The SMILES string of the molecule is Nc1c(O)cccc1OCCn1ccccc1=O. The number of nitrogen functional groups attached to an aromatic ring is 1. The molecular formula is C13H14N2O3. The van der Waals surface area contributed by atoms with Crippen LogP contribution in [0.4, 0.5) is 5.69 Å². The molecule has 0 saturated carbocycles. The molecule has 5 heteroatoms. The topological polar surface area (TPSA) is 77.5 Å². The molecular weight excluding hydrogens is 232 g/mol. The number of phenols is 1. The number of pyridine rings is 1. The predicted octanol–water partition coefficient (Wildman–Crippen LogP) is 1.22. The van der Waals surface area contributed by atoms with Crippen molar-refractivity contribution in [2.24, 2.45) is 0 Å². The first kappa shape index (κ1) is 12.0. The van der Waals surface area contributed by atoms with E-state index in [1.807, 2.05) is 0 Å². The molecule has 1 aromatic heterocycles. The van der Waals surface area contributed by atoms with Crippen molar-refractivity contribution in [1.82, 2.24) is 4.57 Å². The number of hydrogen-bond acceptors (Lipinski definition) is 4. The monoisotopic (exact) mass is 246 g/mol. The third kappa shape index (κ3) is 2.63. The third-order valence-electron chi connectivity index (χ3n) is 2.53. The Morgan fingerprint density at radius 3 is 2.83 bits per heavy atom. The van der Waals surface area contributed by atoms with E-state index in [1.165, 1.54) is 12.1 Å². The van der Waals surface area contributed by atoms with E-state index in [-0.39, 0.29) is 17.0 Å². The number of para-hydroxylation sites is 1. The van der Waals surface area contributed by atoms with Gasteiger partial charge in [0.15, 0.2) is 0 Å². The molecule has 2 aromatic rings. The van der Waals surface area contributed by atoms with Crippen LogP contribution in [0.25, 0.3) is 0 Å². The van der Waals surface area contributed by atoms with Gasteiger partial charge in [0.25, 0.3) is 5.56 Å². The van der Waals surface area contributed by atoms with Gasteiger partial charge in [0.05, 0.1) is 6.54 Å². The van der Waals surface area contributed by atoms with Crippen molar-refractivity contribution in [2.45, 2.75) is 6.54 Å². The molecule has 0 aliphatic carbocycles. The van der Waals surface area contributed by atoms with Crippen LogP contribution < -0.4 is 16.0 Å². The highest BCUT2D eigenvalue weighted by molar-refractivity contribution is 5.61. The van der Waals surface area contributed by atoms with Crippen molar-refractivity contribution in [2.75, 3.05) is 12.3 Å². The zero-order valence-electron chi connectivity index (χ0n) is 9.74. The summed E-state index contributed by atoms with van der Waals surface area (Å²) in [7, 11) is 0. The van der Waals surface area contributed by atoms with Crippen LogP contribution in [0.15, 0.2) is 47.4 Å². The van der Waals surface area contributed by atoms with Gasteiger partial charge in [-0.25, -0.2) is 0 Å². The minimum absolute atomic E-state index is 0.00984. The normalized spacial score (nSPS) is 10.2. The lowest BCUT2D eigenvalue weighted by atomic mass is 10.3. The predicted molar refractivity (Wildman–Crippen MR) is 68.7 cm³/mol. The summed E-state index contributed by atoms with van der Waals surface area (Å²) in [6.45, 7) is 0.729. The Morgan fingerprint density at radius 2 is 2.06 bits per heavy atom. The Hall–Kier alpha value is -2.43. The number of phenolic OH excluding ortho intramolecular Hbond substituents is 1. The number of anilines is 1. The van der Waals surface area contributed by atoms with Crippen molar-refractivity contribution in [3.63, 3.8) is 0 Å². The van der Waals surface area contributed by atoms with Gasteiger partial charge in [-0.15, -0.1) is 0 Å². The zero-order valence-corrected chi connectivity index (χ0v) is 9.74. The number of nitrogens with two attached hydrogens (primary N) is 1. The molecule has 2 rings (SSSR count). The number of benzene rings is 1. The molecule has 0 bridgehead atoms. The summed E-state index contributed by atoms with van der Waals surface area (Å²) in [4.78, 5) is 11.4. The van der Waals surface area contributed by atoms with Gasteiger partial charge in [-0.05, 0) is 18.2 Å². The largest absolute Gasteiger partial charge is 0.506 e. The van der Waals surface area contributed by atoms with Crippen molar-refractivity contribution < 1.29 is 9.84 Å². The molecule has 18 heavy (non-hydrogen) atoms. The minimum atomic E-state index is -0.0787. The van der Waals surface area contributed by atoms with Gasteiger partial charge in [-0.1, -0.05) is 12.1 Å². The second-order valence-corrected chi connectivity index (χ2v) is 3.77. The molecule has 3 N–H and O–H groups in total. The van der Waals surface area contributed by atoms with E-state index in [4.69, 9.17) is 10.5 Å². The Labute approximate surface area is 104 Å². The number of hydrogen-bond donors (Lipinski definition) is 2. The summed E-state index contributed by atoms with van der Waals surface area (Å²) in [5, 5.41) is 9.40. The summed E-state index contributed by atoms with van der Waals surface area (Å²) in [6.07, 6.45) is 1.69. The summed E-state index contributed by atoms with van der Waals surface area (Å²) in [5.41, 5.74) is 5.78. The first-order chi connectivity index (χ1) is 8.68. The summed E-state index contributed by atoms with van der Waals surface area (Å²) < 4.78 is 6.97. The average Bonchev–Trinajstić information content (AvgIpc) is 2.37. The van der Waals surface area contributed by atoms with Crippen molar-refractivity contribution in [1.29, 1.82) is 0 Å². The maximum Gasteiger partial charge on any atom is 0.250 e. The van der Waals surface area contributed by atoms with Gasteiger partial charge in [0.2, 0.25) is 0 Å². The van der Waals surface area contributed by atoms with Crippen LogP contribution in [0.3, 0.4) is 0 Å². The van der Waals surface area contributed by atoms with Crippen LogP contribution >= 0.6 is 0 Å². The average molecular weight is 246 g/mol. The van der Waals surface area contributed by atoms with Crippen LogP contribution in [-0.2, 0) is 6.54 Å². The lowest BCUT2D eigenvalue weighted by Gasteiger charge is -2.10. The fourth-order valence-electron chi connectivity index (χ4n) is 1.56. The van der Waals surface area contributed by atoms with Crippen molar-refractivity contribution >= 4 is 5.69 Å². The smallest absolute Gasteiger partial charge is 0.250 e. The van der Waals surface area contributed by atoms with E-state index < -0.39 is 0 Å². The Bertz CT molecular complexity index is 593. The second kappa shape index (κ2) is 5.27. The molecule has 0 unspecified atom stereocenters. The highest BCUT2D eigenvalue weighted by atomic mass is 16.5. The van der Waals surface area contributed by atoms with Crippen LogP contribution in [0.2, 0.25) is 0 Å². The summed E-state index contributed by atoms with van der Waals surface area (Å²) in [5.74, 6) is 0.406. The fourth-order valence-corrected chi connectivity index (χ4v) is 1.56. The van der Waals surface area contributed by atoms with Gasteiger partial charge in [-0.3, -0.25) is 4.79 Å². The van der Waals surface area contributed by atoms with E-state index in [0.717, 1.165) is 0 Å². The van der Waals surface area contributed by atoms with Gasteiger partial charge < -0.3 is 20.1 Å². The summed E-state index contributed by atoms with van der Waals surface area (Å²) >= 11 is 0. The molecule has 0 aliphatic rings. The molecule has 1 aromatic carbocycles. The van der Waals surface area contributed by atoms with Crippen LogP contribution in [0.1, 0.15) is 0 Å². The molecule has 0 fully saturated rings. The molecule has 1 heterocycles. The van der Waals surface area contributed by atoms with Crippen LogP contribution in [-0.4, -0.2) is 16.3 Å². The highest BCUT2D eigenvalue weighted by Crippen LogP contribution is 2.29. The Balaban J connectivity index is 1.99. The van der Waals surface area contributed by atoms with Crippen molar-refractivity contribution in [3.05, 3.63) is 52.9 Å². The quantitative estimate of drug-likeness (QED) is 0.628. The number of rotatable bonds is 4. The Morgan fingerprint density at radius 1 is 1.22 bits per heavy atom. The lowest BCUT2D eigenvalue weighted by molar-refractivity contribution is 0.296. The maximum absolute atomic E-state index is 11.4. The van der Waals surface area contributed by atoms with Crippen LogP contribution in [0, 0.1) is 0 Å². The zero-order chi connectivity index (χ0) is 13.0. The third-order valence-corrected chi connectivity index (χ3v) is 2.53.